The summed E-state index contributed by atoms with van der Waals surface area (Å²) in [5, 5.41) is 3.07. The molecule has 31 heavy (non-hydrogen) atoms. The van der Waals surface area contributed by atoms with Gasteiger partial charge in [-0.2, -0.15) is 0 Å². The van der Waals surface area contributed by atoms with E-state index < -0.39 is 0 Å². The number of methoxy groups -OCH3 is 3. The van der Waals surface area contributed by atoms with E-state index in [1.54, 1.807) is 21.3 Å². The maximum Gasteiger partial charge on any atom is 0.225 e. The number of nitrogens with zero attached hydrogens (tertiary/aromatic N) is 1. The minimum absolute atomic E-state index is 0.00826. The molecule has 3 rings (SSSR count). The first-order valence-electron chi connectivity index (χ1n) is 11.4. The van der Waals surface area contributed by atoms with E-state index in [0.29, 0.717) is 36.9 Å². The summed E-state index contributed by atoms with van der Waals surface area (Å²) in [6.07, 6.45) is 6.10. The van der Waals surface area contributed by atoms with Crippen LogP contribution in [-0.4, -0.2) is 57.7 Å². The SMILES string of the molecule is CCCCNC(=O)[C@H]1CN(C(=O)C2CCCC2)C[C@H]1c1cc(OC)c(OC)c(OC)c1. The molecule has 1 saturated heterocycles. The fraction of sp³-hybridized carbons (Fsp3) is 0.667. The lowest BCUT2D eigenvalue weighted by molar-refractivity contribution is -0.134. The van der Waals surface area contributed by atoms with Crippen LogP contribution >= 0.6 is 0 Å². The van der Waals surface area contributed by atoms with Crippen molar-refractivity contribution >= 4 is 11.8 Å². The molecule has 2 amide bonds. The number of likely N-dealkylation sites (tertiary alicyclic amines) is 1. The Morgan fingerprint density at radius 3 is 2.23 bits per heavy atom. The number of hydrogen-bond donors (Lipinski definition) is 1. The molecule has 1 heterocycles. The first-order chi connectivity index (χ1) is 15.0. The Hall–Kier alpha value is -2.44. The topological polar surface area (TPSA) is 77.1 Å². The predicted octanol–water partition coefficient (Wildman–Crippen LogP) is 3.36. The molecule has 0 spiro atoms. The molecule has 0 radical (unpaired) electrons. The van der Waals surface area contributed by atoms with Gasteiger partial charge in [0, 0.05) is 31.5 Å². The first-order valence-corrected chi connectivity index (χ1v) is 11.4. The molecular weight excluding hydrogens is 396 g/mol. The van der Waals surface area contributed by atoms with Gasteiger partial charge in [-0.1, -0.05) is 26.2 Å². The highest BCUT2D eigenvalue weighted by molar-refractivity contribution is 5.84. The van der Waals surface area contributed by atoms with Crippen LogP contribution in [0.4, 0.5) is 0 Å². The van der Waals surface area contributed by atoms with Crippen LogP contribution in [0.3, 0.4) is 0 Å². The zero-order valence-corrected chi connectivity index (χ0v) is 19.2. The van der Waals surface area contributed by atoms with Gasteiger partial charge >= 0.3 is 0 Å². The van der Waals surface area contributed by atoms with E-state index in [2.05, 4.69) is 12.2 Å². The Balaban J connectivity index is 1.90. The van der Waals surface area contributed by atoms with Crippen LogP contribution < -0.4 is 19.5 Å². The van der Waals surface area contributed by atoms with Crippen molar-refractivity contribution in [3.05, 3.63) is 17.7 Å². The Morgan fingerprint density at radius 2 is 1.68 bits per heavy atom. The average molecular weight is 433 g/mol. The summed E-state index contributed by atoms with van der Waals surface area (Å²) >= 11 is 0. The molecule has 2 aliphatic rings. The molecule has 0 unspecified atom stereocenters. The number of hydrogen-bond acceptors (Lipinski definition) is 5. The molecule has 7 heteroatoms. The number of benzene rings is 1. The van der Waals surface area contributed by atoms with E-state index >= 15 is 0 Å². The Morgan fingerprint density at radius 1 is 1.03 bits per heavy atom. The van der Waals surface area contributed by atoms with Gasteiger partial charge in [0.05, 0.1) is 27.2 Å². The van der Waals surface area contributed by atoms with Crippen LogP contribution in [0.15, 0.2) is 12.1 Å². The Kier molecular flexibility index (Phi) is 8.04. The van der Waals surface area contributed by atoms with Crippen LogP contribution in [-0.2, 0) is 9.59 Å². The summed E-state index contributed by atoms with van der Waals surface area (Å²) in [4.78, 5) is 28.1. The van der Waals surface area contributed by atoms with Crippen molar-refractivity contribution < 1.29 is 23.8 Å². The van der Waals surface area contributed by atoms with Crippen LogP contribution in [0.2, 0.25) is 0 Å². The van der Waals surface area contributed by atoms with Gasteiger partial charge in [-0.3, -0.25) is 9.59 Å². The average Bonchev–Trinajstić information content (AvgIpc) is 3.48. The molecule has 1 aliphatic carbocycles. The fourth-order valence-electron chi connectivity index (χ4n) is 4.85. The maximum atomic E-state index is 13.1. The molecule has 1 aliphatic heterocycles. The third-order valence-electron chi connectivity index (χ3n) is 6.62. The molecule has 1 saturated carbocycles. The summed E-state index contributed by atoms with van der Waals surface area (Å²) in [6, 6.07) is 3.81. The Bertz CT molecular complexity index is 750. The highest BCUT2D eigenvalue weighted by Gasteiger charge is 2.42. The van der Waals surface area contributed by atoms with E-state index in [0.717, 1.165) is 44.1 Å². The fourth-order valence-corrected chi connectivity index (χ4v) is 4.85. The van der Waals surface area contributed by atoms with E-state index in [1.165, 1.54) is 0 Å². The number of amides is 2. The molecule has 172 valence electrons. The van der Waals surface area contributed by atoms with Crippen molar-refractivity contribution in [1.82, 2.24) is 10.2 Å². The number of unbranched alkanes of at least 4 members (excludes halogenated alkanes) is 1. The van der Waals surface area contributed by atoms with Crippen LogP contribution in [0.5, 0.6) is 17.2 Å². The van der Waals surface area contributed by atoms with Gasteiger partial charge in [-0.05, 0) is 37.0 Å². The second-order valence-corrected chi connectivity index (χ2v) is 8.54. The predicted molar refractivity (Wildman–Crippen MR) is 119 cm³/mol. The van der Waals surface area contributed by atoms with Crippen molar-refractivity contribution in [2.75, 3.05) is 41.0 Å². The van der Waals surface area contributed by atoms with Gasteiger partial charge in [-0.25, -0.2) is 0 Å². The van der Waals surface area contributed by atoms with E-state index in [1.807, 2.05) is 17.0 Å². The lowest BCUT2D eigenvalue weighted by Gasteiger charge is -2.21. The monoisotopic (exact) mass is 432 g/mol. The normalized spacial score (nSPS) is 21.2. The summed E-state index contributed by atoms with van der Waals surface area (Å²) in [5.41, 5.74) is 0.923. The lowest BCUT2D eigenvalue weighted by atomic mass is 9.88. The third-order valence-corrected chi connectivity index (χ3v) is 6.62. The molecule has 0 aromatic heterocycles. The summed E-state index contributed by atoms with van der Waals surface area (Å²) < 4.78 is 16.5. The quantitative estimate of drug-likeness (QED) is 0.606. The standard InChI is InChI=1S/C24H36N2O5/c1-5-6-11-25-23(27)19-15-26(24(28)16-9-7-8-10-16)14-18(19)17-12-20(29-2)22(31-4)21(13-17)30-3/h12-13,16,18-19H,5-11,14-15H2,1-4H3,(H,25,27)/t18-,19-/m0/s1. The number of carbonyl (C=O) groups excluding carboxylic acids is 2. The van der Waals surface area contributed by atoms with Crippen molar-refractivity contribution in [3.63, 3.8) is 0 Å². The third kappa shape index (κ3) is 5.08. The molecule has 0 bridgehead atoms. The van der Waals surface area contributed by atoms with Crippen molar-refractivity contribution in [1.29, 1.82) is 0 Å². The zero-order chi connectivity index (χ0) is 22.4. The van der Waals surface area contributed by atoms with E-state index in [9.17, 15) is 9.59 Å². The van der Waals surface area contributed by atoms with Gasteiger partial charge in [0.2, 0.25) is 17.6 Å². The van der Waals surface area contributed by atoms with Gasteiger partial charge < -0.3 is 24.4 Å². The van der Waals surface area contributed by atoms with Gasteiger partial charge in [0.15, 0.2) is 11.5 Å². The van der Waals surface area contributed by atoms with Crippen LogP contribution in [0.25, 0.3) is 0 Å². The van der Waals surface area contributed by atoms with E-state index in [-0.39, 0.29) is 29.6 Å². The summed E-state index contributed by atoms with van der Waals surface area (Å²) in [6.45, 7) is 3.74. The second-order valence-electron chi connectivity index (χ2n) is 8.54. The van der Waals surface area contributed by atoms with Crippen molar-refractivity contribution in [3.8, 4) is 17.2 Å². The number of carbonyl (C=O) groups is 2. The molecule has 2 atom stereocenters. The highest BCUT2D eigenvalue weighted by Crippen LogP contribution is 2.43. The molecule has 1 aromatic carbocycles. The molecular formula is C24H36N2O5. The van der Waals surface area contributed by atoms with E-state index in [4.69, 9.17) is 14.2 Å². The van der Waals surface area contributed by atoms with Gasteiger partial charge in [0.1, 0.15) is 0 Å². The molecule has 2 fully saturated rings. The maximum absolute atomic E-state index is 13.1. The molecule has 7 nitrogen and oxygen atoms in total. The second kappa shape index (κ2) is 10.7. The van der Waals surface area contributed by atoms with Crippen LogP contribution in [0, 0.1) is 11.8 Å². The lowest BCUT2D eigenvalue weighted by Crippen LogP contribution is -2.37. The number of ether oxygens (including phenoxy) is 3. The van der Waals surface area contributed by atoms with Gasteiger partial charge in [0.25, 0.3) is 0 Å². The number of nitrogens with one attached hydrogen (secondary N) is 1. The van der Waals surface area contributed by atoms with Crippen molar-refractivity contribution in [2.45, 2.75) is 51.4 Å². The summed E-state index contributed by atoms with van der Waals surface area (Å²) in [7, 11) is 4.74. The highest BCUT2D eigenvalue weighted by atomic mass is 16.5. The minimum Gasteiger partial charge on any atom is -0.493 e. The number of rotatable bonds is 9. The Labute approximate surface area is 185 Å². The molecule has 1 N–H and O–H groups in total. The summed E-state index contributed by atoms with van der Waals surface area (Å²) in [5.74, 6) is 1.51. The minimum atomic E-state index is -0.301. The van der Waals surface area contributed by atoms with Crippen LogP contribution in [0.1, 0.15) is 56.9 Å². The first kappa shape index (κ1) is 23.2. The van der Waals surface area contributed by atoms with Crippen molar-refractivity contribution in [2.24, 2.45) is 11.8 Å². The smallest absolute Gasteiger partial charge is 0.225 e. The zero-order valence-electron chi connectivity index (χ0n) is 19.2. The molecule has 1 aromatic rings. The van der Waals surface area contributed by atoms with Gasteiger partial charge in [-0.15, -0.1) is 0 Å². The largest absolute Gasteiger partial charge is 0.493 e.